The summed E-state index contributed by atoms with van der Waals surface area (Å²) in [6, 6.07) is 10.8. The molecule has 0 unspecified atom stereocenters. The lowest BCUT2D eigenvalue weighted by atomic mass is 10.1. The number of benzene rings is 1. The van der Waals surface area contributed by atoms with E-state index in [1.165, 1.54) is 5.56 Å². The van der Waals surface area contributed by atoms with Crippen LogP contribution in [0.2, 0.25) is 0 Å². The van der Waals surface area contributed by atoms with Crippen molar-refractivity contribution < 1.29 is 19.4 Å². The van der Waals surface area contributed by atoms with Gasteiger partial charge in [0.1, 0.15) is 0 Å². The molecule has 2 heterocycles. The maximum absolute atomic E-state index is 12.5. The molecule has 25 heavy (non-hydrogen) atoms. The van der Waals surface area contributed by atoms with Gasteiger partial charge in [0.15, 0.2) is 0 Å². The van der Waals surface area contributed by atoms with E-state index in [0.717, 1.165) is 45.7 Å². The first-order chi connectivity index (χ1) is 12.1. The Labute approximate surface area is 149 Å². The van der Waals surface area contributed by atoms with E-state index in [9.17, 15) is 4.79 Å². The summed E-state index contributed by atoms with van der Waals surface area (Å²) < 4.78 is 5.72. The number of hydrogen-bond acceptors (Lipinski definition) is 4. The monoisotopic (exact) mass is 348 g/mol. The van der Waals surface area contributed by atoms with Gasteiger partial charge in [0.25, 0.3) is 6.47 Å². The van der Waals surface area contributed by atoms with Crippen LogP contribution in [0.25, 0.3) is 0 Å². The predicted molar refractivity (Wildman–Crippen MR) is 95.4 cm³/mol. The number of hydrogen-bond donors (Lipinski definition) is 1. The summed E-state index contributed by atoms with van der Waals surface area (Å²) in [6.07, 6.45) is 2.57. The Hall–Kier alpha value is -1.92. The van der Waals surface area contributed by atoms with E-state index in [-0.39, 0.29) is 6.47 Å². The fourth-order valence-electron chi connectivity index (χ4n) is 3.50. The second-order valence-corrected chi connectivity index (χ2v) is 6.74. The van der Waals surface area contributed by atoms with E-state index < -0.39 is 0 Å². The lowest BCUT2D eigenvalue weighted by Crippen LogP contribution is -2.44. The second kappa shape index (κ2) is 10.2. The van der Waals surface area contributed by atoms with Crippen LogP contribution < -0.4 is 0 Å². The van der Waals surface area contributed by atoms with Gasteiger partial charge in [-0.15, -0.1) is 0 Å². The van der Waals surface area contributed by atoms with Crippen molar-refractivity contribution in [2.75, 3.05) is 39.9 Å². The summed E-state index contributed by atoms with van der Waals surface area (Å²) in [6.45, 7) is 4.00. The molecule has 6 nitrogen and oxygen atoms in total. The molecular formula is C19H28N2O4. The Morgan fingerprint density at radius 1 is 1.24 bits per heavy atom. The summed E-state index contributed by atoms with van der Waals surface area (Å²) in [7, 11) is 2.15. The predicted octanol–water partition coefficient (Wildman–Crippen LogP) is 1.50. The smallest absolute Gasteiger partial charge is 0.290 e. The van der Waals surface area contributed by atoms with E-state index >= 15 is 0 Å². The summed E-state index contributed by atoms with van der Waals surface area (Å²) in [5.41, 5.74) is 1.32. The van der Waals surface area contributed by atoms with Gasteiger partial charge in [-0.1, -0.05) is 30.3 Å². The van der Waals surface area contributed by atoms with Crippen LogP contribution in [0.15, 0.2) is 30.3 Å². The van der Waals surface area contributed by atoms with E-state index in [2.05, 4.69) is 41.1 Å². The molecule has 2 bridgehead atoms. The summed E-state index contributed by atoms with van der Waals surface area (Å²) in [5.74, 6) is 0.763. The Kier molecular flexibility index (Phi) is 7.88. The molecule has 1 aromatic rings. The zero-order valence-electron chi connectivity index (χ0n) is 14.8. The molecule has 0 saturated carbocycles. The molecule has 0 radical (unpaired) electrons. The molecule has 0 aliphatic carbocycles. The van der Waals surface area contributed by atoms with Crippen LogP contribution in [0.4, 0.5) is 0 Å². The summed E-state index contributed by atoms with van der Waals surface area (Å²) >= 11 is 0. The van der Waals surface area contributed by atoms with Gasteiger partial charge in [-0.3, -0.25) is 14.5 Å². The lowest BCUT2D eigenvalue weighted by molar-refractivity contribution is -0.133. The van der Waals surface area contributed by atoms with Crippen molar-refractivity contribution in [1.29, 1.82) is 0 Å². The number of likely N-dealkylation sites (N-methyl/N-ethyl adjacent to an activating group) is 1. The van der Waals surface area contributed by atoms with Crippen molar-refractivity contribution in [2.45, 2.75) is 25.3 Å². The van der Waals surface area contributed by atoms with Gasteiger partial charge in [-0.05, 0) is 25.5 Å². The van der Waals surface area contributed by atoms with Crippen LogP contribution in [0.5, 0.6) is 0 Å². The first-order valence-corrected chi connectivity index (χ1v) is 8.81. The SMILES string of the molecule is CN1C[C@H]2COC[C@@H]1CN(C(=O)CCCc1ccccc1)C2.O=CO. The van der Waals surface area contributed by atoms with Crippen molar-refractivity contribution >= 4 is 12.4 Å². The van der Waals surface area contributed by atoms with Crippen LogP contribution in [0.3, 0.4) is 0 Å². The van der Waals surface area contributed by atoms with E-state index in [0.29, 0.717) is 24.3 Å². The standard InChI is InChI=1S/C18H26N2O2.CH2O2/c1-19-10-16-11-20(12-17(19)14-22-13-16)18(21)9-5-8-15-6-3-2-4-7-15;2-1-3/h2-4,6-7,16-17H,5,8-14H2,1H3;1H,(H,2,3)/t16-,17+;/m1./s1. The van der Waals surface area contributed by atoms with Crippen LogP contribution in [-0.4, -0.2) is 73.2 Å². The Balaban J connectivity index is 0.000000701. The van der Waals surface area contributed by atoms with Crippen molar-refractivity contribution in [3.8, 4) is 0 Å². The number of carbonyl (C=O) groups excluding carboxylic acids is 1. The average Bonchev–Trinajstić information content (AvgIpc) is 2.85. The Bertz CT molecular complexity index is 537. The number of rotatable bonds is 4. The molecule has 1 N–H and O–H groups in total. The molecule has 2 saturated heterocycles. The maximum atomic E-state index is 12.5. The van der Waals surface area contributed by atoms with Crippen LogP contribution in [-0.2, 0) is 20.7 Å². The molecule has 2 fully saturated rings. The number of carbonyl (C=O) groups is 2. The highest BCUT2D eigenvalue weighted by atomic mass is 16.5. The van der Waals surface area contributed by atoms with Crippen LogP contribution in [0.1, 0.15) is 18.4 Å². The van der Waals surface area contributed by atoms with Gasteiger partial charge in [0.05, 0.1) is 19.3 Å². The maximum Gasteiger partial charge on any atom is 0.290 e. The molecule has 0 aromatic heterocycles. The molecule has 0 spiro atoms. The average molecular weight is 348 g/mol. The fourth-order valence-corrected chi connectivity index (χ4v) is 3.50. The highest BCUT2D eigenvalue weighted by Gasteiger charge is 2.32. The van der Waals surface area contributed by atoms with Gasteiger partial charge >= 0.3 is 0 Å². The normalized spacial score (nSPS) is 23.2. The first kappa shape index (κ1) is 19.4. The second-order valence-electron chi connectivity index (χ2n) is 6.74. The number of fused-ring (bicyclic) bond motifs is 3. The minimum Gasteiger partial charge on any atom is -0.483 e. The molecular weight excluding hydrogens is 320 g/mol. The van der Waals surface area contributed by atoms with Gasteiger partial charge < -0.3 is 14.7 Å². The summed E-state index contributed by atoms with van der Waals surface area (Å²) in [4.78, 5) is 25.3. The number of carboxylic acid groups (broad SMARTS) is 1. The van der Waals surface area contributed by atoms with Crippen molar-refractivity contribution in [3.63, 3.8) is 0 Å². The fraction of sp³-hybridized carbons (Fsp3) is 0.579. The zero-order valence-corrected chi connectivity index (χ0v) is 14.8. The Morgan fingerprint density at radius 3 is 2.68 bits per heavy atom. The molecule has 2 aliphatic rings. The molecule has 3 rings (SSSR count). The molecule has 1 amide bonds. The van der Waals surface area contributed by atoms with Gasteiger partial charge in [-0.2, -0.15) is 0 Å². The highest BCUT2D eigenvalue weighted by Crippen LogP contribution is 2.19. The molecule has 138 valence electrons. The highest BCUT2D eigenvalue weighted by molar-refractivity contribution is 5.76. The van der Waals surface area contributed by atoms with E-state index in [1.54, 1.807) is 0 Å². The van der Waals surface area contributed by atoms with Crippen LogP contribution in [0, 0.1) is 5.92 Å². The Morgan fingerprint density at radius 2 is 1.96 bits per heavy atom. The third kappa shape index (κ3) is 6.14. The third-order valence-electron chi connectivity index (χ3n) is 4.79. The van der Waals surface area contributed by atoms with Gasteiger partial charge in [-0.25, -0.2) is 0 Å². The first-order valence-electron chi connectivity index (χ1n) is 8.81. The van der Waals surface area contributed by atoms with Gasteiger partial charge in [0, 0.05) is 32.0 Å². The number of ether oxygens (including phenoxy) is 1. The quantitative estimate of drug-likeness (QED) is 0.835. The third-order valence-corrected chi connectivity index (χ3v) is 4.79. The minimum absolute atomic E-state index is 0.250. The number of aryl methyl sites for hydroxylation is 1. The van der Waals surface area contributed by atoms with Crippen molar-refractivity contribution in [3.05, 3.63) is 35.9 Å². The number of nitrogens with zero attached hydrogens (tertiary/aromatic N) is 2. The number of amides is 1. The van der Waals surface area contributed by atoms with E-state index in [1.807, 2.05) is 6.07 Å². The van der Waals surface area contributed by atoms with Crippen molar-refractivity contribution in [2.24, 2.45) is 5.92 Å². The largest absolute Gasteiger partial charge is 0.483 e. The molecule has 2 aliphatic heterocycles. The minimum atomic E-state index is -0.250. The molecule has 2 atom stereocenters. The lowest BCUT2D eigenvalue weighted by Gasteiger charge is -2.29. The molecule has 6 heteroatoms. The van der Waals surface area contributed by atoms with Gasteiger partial charge in [0.2, 0.25) is 5.91 Å². The van der Waals surface area contributed by atoms with Crippen molar-refractivity contribution in [1.82, 2.24) is 9.80 Å². The van der Waals surface area contributed by atoms with Crippen LogP contribution >= 0.6 is 0 Å². The molecule has 1 aromatic carbocycles. The zero-order chi connectivity index (χ0) is 18.1. The summed E-state index contributed by atoms with van der Waals surface area (Å²) in [5, 5.41) is 6.89. The topological polar surface area (TPSA) is 70.1 Å². The van der Waals surface area contributed by atoms with E-state index in [4.69, 9.17) is 14.6 Å².